The zero-order valence-corrected chi connectivity index (χ0v) is 23.2. The summed E-state index contributed by atoms with van der Waals surface area (Å²) in [4.78, 5) is 6.78. The maximum absolute atomic E-state index is 13.0. The fourth-order valence-electron chi connectivity index (χ4n) is 5.80. The number of alkyl halides is 3. The highest BCUT2D eigenvalue weighted by Gasteiger charge is 2.42. The Morgan fingerprint density at radius 3 is 2.20 bits per heavy atom. The van der Waals surface area contributed by atoms with Crippen molar-refractivity contribution in [1.82, 2.24) is 9.88 Å². The highest BCUT2D eigenvalue weighted by atomic mass is 35.5. The van der Waals surface area contributed by atoms with Crippen LogP contribution >= 0.6 is 11.6 Å². The van der Waals surface area contributed by atoms with Crippen LogP contribution < -0.4 is 0 Å². The topological polar surface area (TPSA) is 60.2 Å². The maximum Gasteiger partial charge on any atom is 0.416 e. The van der Waals surface area contributed by atoms with E-state index in [-0.39, 0.29) is 5.92 Å². The minimum absolute atomic E-state index is 0.0771. The summed E-state index contributed by atoms with van der Waals surface area (Å²) in [5.74, 6) is 0.452. The molecule has 0 bridgehead atoms. The molecule has 1 aliphatic heterocycles. The normalized spacial score (nSPS) is 16.2. The predicted molar refractivity (Wildman–Crippen MR) is 153 cm³/mol. The average molecular weight is 566 g/mol. The number of hydrogen-bond acceptors (Lipinski definition) is 3. The molecule has 1 unspecified atom stereocenters. The van der Waals surface area contributed by atoms with Gasteiger partial charge >= 0.3 is 6.18 Å². The molecular weight excluding hydrogens is 535 g/mol. The lowest BCUT2D eigenvalue weighted by Gasteiger charge is -2.42. The van der Waals surface area contributed by atoms with E-state index in [0.29, 0.717) is 58.1 Å². The molecule has 1 aliphatic rings. The third kappa shape index (κ3) is 5.32. The smallest absolute Gasteiger partial charge is 0.380 e. The number of aromatic nitrogens is 1. The first kappa shape index (κ1) is 28.1. The van der Waals surface area contributed by atoms with Gasteiger partial charge < -0.3 is 10.0 Å². The molecule has 2 heterocycles. The Balaban J connectivity index is 1.56. The van der Waals surface area contributed by atoms with Crippen LogP contribution in [0, 0.1) is 18.3 Å². The molecule has 0 radical (unpaired) electrons. The van der Waals surface area contributed by atoms with Crippen molar-refractivity contribution < 1.29 is 18.3 Å². The van der Waals surface area contributed by atoms with Gasteiger partial charge in [0.25, 0.3) is 0 Å². The SMILES string of the molecule is CC(=N)N1CCC(C(O)(c2ccccc2)c2ccc3nc(C)c(Cc4ccc(C(F)(F)F)cc4)c(Cl)c3c2)CC1. The van der Waals surface area contributed by atoms with Gasteiger partial charge in [-0.05, 0) is 79.1 Å². The number of amidine groups is 1. The van der Waals surface area contributed by atoms with E-state index in [2.05, 4.69) is 0 Å². The van der Waals surface area contributed by atoms with Crippen LogP contribution in [0.4, 0.5) is 13.2 Å². The summed E-state index contributed by atoms with van der Waals surface area (Å²) in [7, 11) is 0. The van der Waals surface area contributed by atoms with Crippen LogP contribution in [0.5, 0.6) is 0 Å². The van der Waals surface area contributed by atoms with E-state index < -0.39 is 17.3 Å². The lowest BCUT2D eigenvalue weighted by molar-refractivity contribution is -0.137. The van der Waals surface area contributed by atoms with Gasteiger partial charge in [-0.2, -0.15) is 13.2 Å². The molecule has 5 rings (SSSR count). The Hall–Kier alpha value is -3.42. The average Bonchev–Trinajstić information content (AvgIpc) is 2.95. The lowest BCUT2D eigenvalue weighted by atomic mass is 9.71. The second kappa shape index (κ2) is 10.9. The van der Waals surface area contributed by atoms with Crippen LogP contribution in [0.25, 0.3) is 10.9 Å². The number of benzene rings is 3. The Labute approximate surface area is 236 Å². The Kier molecular flexibility index (Phi) is 7.64. The number of pyridine rings is 1. The number of hydrogen-bond donors (Lipinski definition) is 2. The molecule has 0 saturated carbocycles. The number of aryl methyl sites for hydroxylation is 1. The minimum atomic E-state index is -4.39. The molecule has 0 aliphatic carbocycles. The fraction of sp³-hybridized carbons (Fsp3) is 0.312. The summed E-state index contributed by atoms with van der Waals surface area (Å²) in [6, 6.07) is 20.4. The monoisotopic (exact) mass is 565 g/mol. The highest BCUT2D eigenvalue weighted by molar-refractivity contribution is 6.36. The molecule has 2 N–H and O–H groups in total. The molecule has 1 fully saturated rings. The van der Waals surface area contributed by atoms with Crippen molar-refractivity contribution in [2.75, 3.05) is 13.1 Å². The van der Waals surface area contributed by atoms with E-state index in [1.54, 1.807) is 6.92 Å². The van der Waals surface area contributed by atoms with E-state index in [9.17, 15) is 18.3 Å². The van der Waals surface area contributed by atoms with Gasteiger partial charge in [0, 0.05) is 30.6 Å². The van der Waals surface area contributed by atoms with E-state index in [4.69, 9.17) is 22.0 Å². The second-order valence-electron chi connectivity index (χ2n) is 10.6. The van der Waals surface area contributed by atoms with Crippen molar-refractivity contribution in [1.29, 1.82) is 5.41 Å². The van der Waals surface area contributed by atoms with Crippen LogP contribution in [0.2, 0.25) is 5.02 Å². The molecule has 4 nitrogen and oxygen atoms in total. The lowest BCUT2D eigenvalue weighted by Crippen LogP contribution is -2.45. The fourth-order valence-corrected chi connectivity index (χ4v) is 6.16. The Bertz CT molecular complexity index is 1530. The van der Waals surface area contributed by atoms with Crippen molar-refractivity contribution in [3.05, 3.63) is 111 Å². The third-order valence-electron chi connectivity index (χ3n) is 8.10. The summed E-state index contributed by atoms with van der Waals surface area (Å²) in [5, 5.41) is 21.6. The van der Waals surface area contributed by atoms with Gasteiger partial charge in [0.2, 0.25) is 0 Å². The van der Waals surface area contributed by atoms with E-state index in [1.807, 2.05) is 60.4 Å². The van der Waals surface area contributed by atoms with Crippen LogP contribution in [0.15, 0.2) is 72.8 Å². The van der Waals surface area contributed by atoms with E-state index in [0.717, 1.165) is 36.1 Å². The molecule has 1 saturated heterocycles. The number of aliphatic hydroxyl groups is 1. The van der Waals surface area contributed by atoms with Gasteiger partial charge in [-0.25, -0.2) is 0 Å². The molecule has 8 heteroatoms. The molecule has 0 spiro atoms. The van der Waals surface area contributed by atoms with Gasteiger partial charge in [-0.3, -0.25) is 10.4 Å². The second-order valence-corrected chi connectivity index (χ2v) is 11.0. The minimum Gasteiger partial charge on any atom is -0.380 e. The van der Waals surface area contributed by atoms with Gasteiger partial charge in [0.15, 0.2) is 0 Å². The third-order valence-corrected chi connectivity index (χ3v) is 8.53. The zero-order chi connectivity index (χ0) is 28.7. The Morgan fingerprint density at radius 2 is 1.60 bits per heavy atom. The summed E-state index contributed by atoms with van der Waals surface area (Å²) in [6.45, 7) is 5.02. The van der Waals surface area contributed by atoms with Gasteiger partial charge in [0.1, 0.15) is 5.60 Å². The predicted octanol–water partition coefficient (Wildman–Crippen LogP) is 7.75. The standard InChI is InChI=1S/C32H31ClF3N3O/c1-20-27(18-22-8-10-25(11-9-22)32(34,35)36)30(33)28-19-26(12-13-29(28)38-20)31(40,23-6-4-3-5-7-23)24-14-16-39(17-15-24)21(2)37/h3-13,19,24,37,40H,14-18H2,1-2H3. The number of rotatable bonds is 5. The molecule has 1 aromatic heterocycles. The highest BCUT2D eigenvalue weighted by Crippen LogP contribution is 2.44. The number of halogens is 4. The van der Waals surface area contributed by atoms with Crippen molar-refractivity contribution in [3.63, 3.8) is 0 Å². The van der Waals surface area contributed by atoms with Crippen molar-refractivity contribution in [2.45, 2.75) is 44.9 Å². The molecular formula is C32H31ClF3N3O. The molecule has 0 amide bonds. The number of nitrogens with zero attached hydrogens (tertiary/aromatic N) is 2. The van der Waals surface area contributed by atoms with Crippen molar-refractivity contribution in [2.24, 2.45) is 5.92 Å². The summed E-state index contributed by atoms with van der Waals surface area (Å²) >= 11 is 6.98. The van der Waals surface area contributed by atoms with Crippen LogP contribution in [0.1, 0.15) is 53.3 Å². The zero-order valence-electron chi connectivity index (χ0n) is 22.4. The van der Waals surface area contributed by atoms with Gasteiger partial charge in [0.05, 0.1) is 21.9 Å². The maximum atomic E-state index is 13.0. The number of nitrogens with one attached hydrogen (secondary N) is 1. The van der Waals surface area contributed by atoms with Crippen molar-refractivity contribution >= 4 is 28.3 Å². The molecule has 3 aromatic carbocycles. The summed E-state index contributed by atoms with van der Waals surface area (Å²) in [5.41, 5.74) is 2.37. The van der Waals surface area contributed by atoms with Crippen LogP contribution in [-0.2, 0) is 18.2 Å². The van der Waals surface area contributed by atoms with Gasteiger partial charge in [-0.15, -0.1) is 0 Å². The first-order chi connectivity index (χ1) is 19.0. The Morgan fingerprint density at radius 1 is 0.975 bits per heavy atom. The summed E-state index contributed by atoms with van der Waals surface area (Å²) < 4.78 is 39.1. The first-order valence-electron chi connectivity index (χ1n) is 13.3. The first-order valence-corrected chi connectivity index (χ1v) is 13.7. The molecule has 40 heavy (non-hydrogen) atoms. The van der Waals surface area contributed by atoms with Gasteiger partial charge in [-0.1, -0.05) is 60.1 Å². The quantitative estimate of drug-likeness (QED) is 0.192. The number of fused-ring (bicyclic) bond motifs is 1. The number of piperidine rings is 1. The number of likely N-dealkylation sites (tertiary alicyclic amines) is 1. The summed E-state index contributed by atoms with van der Waals surface area (Å²) in [6.07, 6.45) is -2.62. The van der Waals surface area contributed by atoms with E-state index in [1.165, 1.54) is 12.1 Å². The van der Waals surface area contributed by atoms with E-state index >= 15 is 0 Å². The van der Waals surface area contributed by atoms with Crippen LogP contribution in [0.3, 0.4) is 0 Å². The van der Waals surface area contributed by atoms with Crippen molar-refractivity contribution in [3.8, 4) is 0 Å². The molecule has 1 atom stereocenters. The molecule has 4 aromatic rings. The molecule has 208 valence electrons. The largest absolute Gasteiger partial charge is 0.416 e. The van der Waals surface area contributed by atoms with Crippen LogP contribution in [-0.4, -0.2) is 33.9 Å².